The normalized spacial score (nSPS) is 21.5. The fourth-order valence-corrected chi connectivity index (χ4v) is 3.34. The van der Waals surface area contributed by atoms with Gasteiger partial charge in [-0.25, -0.2) is 0 Å². The fourth-order valence-electron chi connectivity index (χ4n) is 3.34. The van der Waals surface area contributed by atoms with Crippen LogP contribution in [0, 0.1) is 0 Å². The summed E-state index contributed by atoms with van der Waals surface area (Å²) in [6.45, 7) is 2.39. The lowest BCUT2D eigenvalue weighted by Crippen LogP contribution is -2.48. The van der Waals surface area contributed by atoms with Gasteiger partial charge in [0, 0.05) is 20.1 Å². The molecule has 0 radical (unpaired) electrons. The summed E-state index contributed by atoms with van der Waals surface area (Å²) in [4.78, 5) is 4.44. The van der Waals surface area contributed by atoms with Crippen molar-refractivity contribution in [3.05, 3.63) is 48.0 Å². The summed E-state index contributed by atoms with van der Waals surface area (Å²) in [5.74, 6) is 0.809. The van der Waals surface area contributed by atoms with Crippen LogP contribution in [-0.2, 0) is 4.74 Å². The molecule has 8 nitrogen and oxygen atoms in total. The van der Waals surface area contributed by atoms with Gasteiger partial charge in [-0.15, -0.1) is 14.8 Å². The third-order valence-corrected chi connectivity index (χ3v) is 4.64. The Morgan fingerprint density at radius 2 is 2.04 bits per heavy atom. The molecule has 8 heteroatoms. The van der Waals surface area contributed by atoms with Gasteiger partial charge in [0.1, 0.15) is 0 Å². The summed E-state index contributed by atoms with van der Waals surface area (Å²) in [7, 11) is 4.16. The summed E-state index contributed by atoms with van der Waals surface area (Å²) in [6.07, 6.45) is 0.0533. The second-order valence-corrected chi connectivity index (χ2v) is 6.34. The van der Waals surface area contributed by atoms with Crippen molar-refractivity contribution >= 4 is 11.5 Å². The number of nitrogens with zero attached hydrogens (tertiary/aromatic N) is 7. The second kappa shape index (κ2) is 6.73. The van der Waals surface area contributed by atoms with E-state index in [-0.39, 0.29) is 12.1 Å². The maximum absolute atomic E-state index is 6.12. The number of aromatic nitrogens is 5. The van der Waals surface area contributed by atoms with Crippen molar-refractivity contribution < 1.29 is 4.74 Å². The lowest BCUT2D eigenvalue weighted by molar-refractivity contribution is -0.0580. The first-order chi connectivity index (χ1) is 12.2. The van der Waals surface area contributed by atoms with E-state index in [0.29, 0.717) is 5.65 Å². The molecule has 0 N–H and O–H groups in total. The SMILES string of the molecule is CN(C[C@@H]1OCCN(C)[C@H]1c1ccccc1)c1ccc2nnnn2n1. The van der Waals surface area contributed by atoms with Gasteiger partial charge in [0.15, 0.2) is 11.5 Å². The Bertz CT molecular complexity index is 837. The van der Waals surface area contributed by atoms with E-state index < -0.39 is 0 Å². The molecule has 0 aliphatic carbocycles. The van der Waals surface area contributed by atoms with Crippen LogP contribution < -0.4 is 4.90 Å². The predicted molar refractivity (Wildman–Crippen MR) is 93.4 cm³/mol. The Morgan fingerprint density at radius 3 is 2.88 bits per heavy atom. The van der Waals surface area contributed by atoms with Gasteiger partial charge in [-0.3, -0.25) is 4.90 Å². The molecule has 2 aromatic heterocycles. The topological polar surface area (TPSA) is 71.7 Å². The molecule has 2 atom stereocenters. The molecule has 0 bridgehead atoms. The number of likely N-dealkylation sites (N-methyl/N-ethyl adjacent to an activating group) is 2. The number of tetrazole rings is 1. The molecule has 1 aliphatic rings. The van der Waals surface area contributed by atoms with E-state index in [4.69, 9.17) is 4.74 Å². The Balaban J connectivity index is 1.56. The average molecular weight is 339 g/mol. The van der Waals surface area contributed by atoms with Crippen molar-refractivity contribution in [2.24, 2.45) is 0 Å². The third-order valence-electron chi connectivity index (χ3n) is 4.64. The van der Waals surface area contributed by atoms with Crippen LogP contribution >= 0.6 is 0 Å². The number of hydrogen-bond donors (Lipinski definition) is 0. The van der Waals surface area contributed by atoms with Crippen molar-refractivity contribution in [2.45, 2.75) is 12.1 Å². The van der Waals surface area contributed by atoms with Crippen LogP contribution in [0.15, 0.2) is 42.5 Å². The van der Waals surface area contributed by atoms with Crippen LogP contribution in [-0.4, -0.2) is 70.0 Å². The summed E-state index contributed by atoms with van der Waals surface area (Å²) < 4.78 is 7.56. The Morgan fingerprint density at radius 1 is 1.20 bits per heavy atom. The number of benzene rings is 1. The van der Waals surface area contributed by atoms with E-state index in [0.717, 1.165) is 25.5 Å². The predicted octanol–water partition coefficient (Wildman–Crippen LogP) is 1.03. The number of hydrogen-bond acceptors (Lipinski definition) is 7. The molecular weight excluding hydrogens is 318 g/mol. The molecule has 3 heterocycles. The van der Waals surface area contributed by atoms with E-state index in [2.05, 4.69) is 61.7 Å². The summed E-state index contributed by atoms with van der Waals surface area (Å²) >= 11 is 0. The minimum absolute atomic E-state index is 0.0533. The number of fused-ring (bicyclic) bond motifs is 1. The highest BCUT2D eigenvalue weighted by molar-refractivity contribution is 5.44. The van der Waals surface area contributed by atoms with Crippen LogP contribution in [0.5, 0.6) is 0 Å². The van der Waals surface area contributed by atoms with Crippen LogP contribution in [0.3, 0.4) is 0 Å². The second-order valence-electron chi connectivity index (χ2n) is 6.34. The van der Waals surface area contributed by atoms with Crippen molar-refractivity contribution in [2.75, 3.05) is 38.7 Å². The standard InChI is InChI=1S/C17H21N7O/c1-22-10-11-25-14(17(22)13-6-4-3-5-7-13)12-23(2)16-9-8-15-18-20-21-24(15)19-16/h3-9,14,17H,10-12H2,1-2H3/t14-,17-/m0/s1. The Kier molecular flexibility index (Phi) is 4.29. The number of morpholine rings is 1. The van der Waals surface area contributed by atoms with E-state index in [1.807, 2.05) is 25.2 Å². The van der Waals surface area contributed by atoms with Crippen LogP contribution in [0.4, 0.5) is 5.82 Å². The lowest BCUT2D eigenvalue weighted by atomic mass is 9.98. The molecule has 0 unspecified atom stereocenters. The zero-order chi connectivity index (χ0) is 17.2. The monoisotopic (exact) mass is 339 g/mol. The largest absolute Gasteiger partial charge is 0.373 e. The van der Waals surface area contributed by atoms with Gasteiger partial charge in [-0.05, 0) is 35.2 Å². The van der Waals surface area contributed by atoms with E-state index in [1.165, 1.54) is 10.2 Å². The van der Waals surface area contributed by atoms with E-state index in [1.54, 1.807) is 0 Å². The van der Waals surface area contributed by atoms with Gasteiger partial charge < -0.3 is 9.64 Å². The molecule has 1 aliphatic heterocycles. The molecule has 25 heavy (non-hydrogen) atoms. The number of anilines is 1. The molecule has 1 aromatic carbocycles. The third kappa shape index (κ3) is 3.18. The van der Waals surface area contributed by atoms with Gasteiger partial charge in [0.05, 0.1) is 18.8 Å². The molecule has 0 saturated carbocycles. The first-order valence-electron chi connectivity index (χ1n) is 8.36. The highest BCUT2D eigenvalue weighted by atomic mass is 16.5. The van der Waals surface area contributed by atoms with Gasteiger partial charge >= 0.3 is 0 Å². The molecule has 1 fully saturated rings. The molecule has 3 aromatic rings. The van der Waals surface area contributed by atoms with Gasteiger partial charge in [-0.2, -0.15) is 0 Å². The quantitative estimate of drug-likeness (QED) is 0.703. The first-order valence-corrected chi connectivity index (χ1v) is 8.36. The van der Waals surface area contributed by atoms with Crippen molar-refractivity contribution in [1.82, 2.24) is 30.2 Å². The number of rotatable bonds is 4. The average Bonchev–Trinajstić information content (AvgIpc) is 3.10. The summed E-state index contributed by atoms with van der Waals surface area (Å²) in [5, 5.41) is 15.8. The van der Waals surface area contributed by atoms with Crippen molar-refractivity contribution in [3.8, 4) is 0 Å². The van der Waals surface area contributed by atoms with Crippen LogP contribution in [0.25, 0.3) is 5.65 Å². The molecule has 130 valence electrons. The van der Waals surface area contributed by atoms with Crippen LogP contribution in [0.2, 0.25) is 0 Å². The minimum Gasteiger partial charge on any atom is -0.373 e. The zero-order valence-electron chi connectivity index (χ0n) is 14.4. The minimum atomic E-state index is 0.0533. The van der Waals surface area contributed by atoms with Crippen molar-refractivity contribution in [1.29, 1.82) is 0 Å². The van der Waals surface area contributed by atoms with E-state index >= 15 is 0 Å². The van der Waals surface area contributed by atoms with E-state index in [9.17, 15) is 0 Å². The Labute approximate surface area is 146 Å². The maximum Gasteiger partial charge on any atom is 0.200 e. The highest BCUT2D eigenvalue weighted by Gasteiger charge is 2.32. The molecule has 0 spiro atoms. The fraction of sp³-hybridized carbons (Fsp3) is 0.412. The molecule has 1 saturated heterocycles. The molecule has 4 rings (SSSR count). The van der Waals surface area contributed by atoms with Crippen LogP contribution in [0.1, 0.15) is 11.6 Å². The highest BCUT2D eigenvalue weighted by Crippen LogP contribution is 2.29. The number of ether oxygens (including phenoxy) is 1. The van der Waals surface area contributed by atoms with Gasteiger partial charge in [0.25, 0.3) is 0 Å². The zero-order valence-corrected chi connectivity index (χ0v) is 14.4. The van der Waals surface area contributed by atoms with Crippen molar-refractivity contribution in [3.63, 3.8) is 0 Å². The van der Waals surface area contributed by atoms with Gasteiger partial charge in [-0.1, -0.05) is 30.3 Å². The summed E-state index contributed by atoms with van der Waals surface area (Å²) in [5.41, 5.74) is 1.90. The maximum atomic E-state index is 6.12. The molecular formula is C17H21N7O. The first kappa shape index (κ1) is 15.9. The summed E-state index contributed by atoms with van der Waals surface area (Å²) in [6, 6.07) is 14.5. The van der Waals surface area contributed by atoms with Gasteiger partial charge in [0.2, 0.25) is 0 Å². The lowest BCUT2D eigenvalue weighted by Gasteiger charge is -2.41. The molecule has 0 amide bonds. The smallest absolute Gasteiger partial charge is 0.200 e. The Hall–Kier alpha value is -2.58.